The molecule has 0 amide bonds. The van der Waals surface area contributed by atoms with Gasteiger partial charge in [0.25, 0.3) is 0 Å². The number of likely N-dealkylation sites (tertiary alicyclic amines) is 1. The average Bonchev–Trinajstić information content (AvgIpc) is 2.75. The summed E-state index contributed by atoms with van der Waals surface area (Å²) in [6, 6.07) is 0.892. The third-order valence-corrected chi connectivity index (χ3v) is 6.31. The summed E-state index contributed by atoms with van der Waals surface area (Å²) in [7, 11) is 0. The second kappa shape index (κ2) is 13.0. The molecule has 0 radical (unpaired) electrons. The lowest BCUT2D eigenvalue weighted by atomic mass is 9.73. The molecule has 1 heterocycles. The van der Waals surface area contributed by atoms with Crippen molar-refractivity contribution >= 4 is 0 Å². The van der Waals surface area contributed by atoms with Crippen LogP contribution in [0.4, 0.5) is 0 Å². The van der Waals surface area contributed by atoms with Crippen LogP contribution in [0, 0.1) is 11.3 Å². The minimum Gasteiger partial charge on any atom is -0.403 e. The van der Waals surface area contributed by atoms with E-state index in [0.717, 1.165) is 6.04 Å². The van der Waals surface area contributed by atoms with E-state index in [-0.39, 0.29) is 0 Å². The summed E-state index contributed by atoms with van der Waals surface area (Å²) in [5, 5.41) is 0. The van der Waals surface area contributed by atoms with Crippen LogP contribution in [0.1, 0.15) is 86.0 Å². The molecule has 28 heavy (non-hydrogen) atoms. The molecule has 3 aliphatic rings. The van der Waals surface area contributed by atoms with Gasteiger partial charge < -0.3 is 10.6 Å². The number of hydrogen-bond acceptors (Lipinski definition) is 2. The molecule has 2 fully saturated rings. The third kappa shape index (κ3) is 8.39. The largest absolute Gasteiger partial charge is 0.403 e. The van der Waals surface area contributed by atoms with Gasteiger partial charge in [-0.25, -0.2) is 0 Å². The molecule has 0 aromatic rings. The lowest BCUT2D eigenvalue weighted by Crippen LogP contribution is -2.45. The fourth-order valence-corrected chi connectivity index (χ4v) is 4.57. The summed E-state index contributed by atoms with van der Waals surface area (Å²) in [6.45, 7) is 16.4. The van der Waals surface area contributed by atoms with E-state index in [0.29, 0.717) is 17.0 Å². The second-order valence-electron chi connectivity index (χ2n) is 8.73. The molecule has 2 aliphatic carbocycles. The van der Waals surface area contributed by atoms with E-state index in [1.54, 1.807) is 12.5 Å². The topological polar surface area (TPSA) is 29.3 Å². The van der Waals surface area contributed by atoms with Crippen LogP contribution in [-0.4, -0.2) is 24.0 Å². The number of rotatable bonds is 1. The van der Waals surface area contributed by atoms with Crippen molar-refractivity contribution in [3.05, 3.63) is 48.2 Å². The van der Waals surface area contributed by atoms with E-state index in [9.17, 15) is 0 Å². The summed E-state index contributed by atoms with van der Waals surface area (Å²) in [4.78, 5) is 2.81. The number of piperidine rings is 1. The minimum atomic E-state index is 0.423. The molecule has 2 nitrogen and oxygen atoms in total. The molecular weight excluding hydrogens is 340 g/mol. The van der Waals surface area contributed by atoms with Gasteiger partial charge in [0.1, 0.15) is 0 Å². The lowest BCUT2D eigenvalue weighted by molar-refractivity contribution is 0.0813. The van der Waals surface area contributed by atoms with E-state index >= 15 is 0 Å². The zero-order chi connectivity index (χ0) is 21.0. The predicted octanol–water partition coefficient (Wildman–Crippen LogP) is 7.00. The lowest BCUT2D eigenvalue weighted by Gasteiger charge is -2.44. The van der Waals surface area contributed by atoms with Crippen molar-refractivity contribution in [2.75, 3.05) is 13.1 Å². The first-order valence-corrected chi connectivity index (χ1v) is 11.6. The average molecular weight is 387 g/mol. The van der Waals surface area contributed by atoms with E-state index in [1.165, 1.54) is 64.5 Å². The minimum absolute atomic E-state index is 0.423. The van der Waals surface area contributed by atoms with Crippen LogP contribution in [0.2, 0.25) is 0 Å². The van der Waals surface area contributed by atoms with E-state index in [4.69, 9.17) is 5.73 Å². The first-order valence-electron chi connectivity index (χ1n) is 11.6. The van der Waals surface area contributed by atoms with E-state index in [1.807, 2.05) is 13.8 Å². The van der Waals surface area contributed by atoms with Crippen molar-refractivity contribution in [1.29, 1.82) is 0 Å². The smallest absolute Gasteiger partial charge is 0.00952 e. The monoisotopic (exact) mass is 386 g/mol. The van der Waals surface area contributed by atoms with Crippen LogP contribution in [0.5, 0.6) is 0 Å². The van der Waals surface area contributed by atoms with Crippen molar-refractivity contribution < 1.29 is 0 Å². The Labute approximate surface area is 175 Å². The maximum Gasteiger partial charge on any atom is 0.00952 e. The molecule has 1 aliphatic heterocycles. The highest BCUT2D eigenvalue weighted by Crippen LogP contribution is 2.40. The van der Waals surface area contributed by atoms with Crippen molar-refractivity contribution in [2.45, 2.75) is 92.0 Å². The summed E-state index contributed by atoms with van der Waals surface area (Å²) >= 11 is 0. The summed E-state index contributed by atoms with van der Waals surface area (Å²) in [5.41, 5.74) is 7.57. The summed E-state index contributed by atoms with van der Waals surface area (Å²) < 4.78 is 0. The van der Waals surface area contributed by atoms with Crippen LogP contribution in [0.15, 0.2) is 48.2 Å². The molecule has 2 heteroatoms. The fraction of sp³-hybridized carbons (Fsp3) is 0.692. The molecule has 0 aromatic heterocycles. The first-order chi connectivity index (χ1) is 13.4. The van der Waals surface area contributed by atoms with Gasteiger partial charge in [0.2, 0.25) is 0 Å². The molecule has 1 spiro atoms. The molecule has 0 aromatic carbocycles. The van der Waals surface area contributed by atoms with Gasteiger partial charge in [0.15, 0.2) is 0 Å². The highest BCUT2D eigenvalue weighted by molar-refractivity contribution is 5.21. The summed E-state index contributed by atoms with van der Waals surface area (Å²) in [5.74, 6) is 0.580. The van der Waals surface area contributed by atoms with Crippen molar-refractivity contribution in [3.8, 4) is 0 Å². The Morgan fingerprint density at radius 3 is 2.25 bits per heavy atom. The van der Waals surface area contributed by atoms with Gasteiger partial charge in [0.05, 0.1) is 0 Å². The Balaban J connectivity index is 0.000000583. The van der Waals surface area contributed by atoms with Gasteiger partial charge in [-0.05, 0) is 76.1 Å². The molecular formula is C26H46N2. The van der Waals surface area contributed by atoms with Crippen molar-refractivity contribution in [1.82, 2.24) is 4.90 Å². The van der Waals surface area contributed by atoms with Gasteiger partial charge in [-0.15, -0.1) is 0 Å². The maximum atomic E-state index is 4.92. The van der Waals surface area contributed by atoms with Gasteiger partial charge in [-0.3, -0.25) is 0 Å². The molecule has 2 N–H and O–H groups in total. The van der Waals surface area contributed by atoms with Crippen molar-refractivity contribution in [3.63, 3.8) is 0 Å². The Morgan fingerprint density at radius 1 is 1.11 bits per heavy atom. The third-order valence-electron chi connectivity index (χ3n) is 6.31. The number of hydrogen-bond donors (Lipinski definition) is 1. The van der Waals surface area contributed by atoms with Crippen LogP contribution >= 0.6 is 0 Å². The first kappa shape index (κ1) is 24.8. The molecule has 1 saturated heterocycles. The molecule has 160 valence electrons. The predicted molar refractivity (Wildman–Crippen MR) is 126 cm³/mol. The van der Waals surface area contributed by atoms with Gasteiger partial charge in [0, 0.05) is 6.04 Å². The normalized spacial score (nSPS) is 29.3. The quantitative estimate of drug-likeness (QED) is 0.491. The van der Waals surface area contributed by atoms with Crippen LogP contribution < -0.4 is 5.73 Å². The highest BCUT2D eigenvalue weighted by atomic mass is 15.2. The van der Waals surface area contributed by atoms with E-state index < -0.39 is 0 Å². The van der Waals surface area contributed by atoms with Crippen molar-refractivity contribution in [2.24, 2.45) is 17.1 Å². The fourth-order valence-electron chi connectivity index (χ4n) is 4.57. The number of allylic oxidation sites excluding steroid dienone is 7. The zero-order valence-electron chi connectivity index (χ0n) is 19.3. The van der Waals surface area contributed by atoms with Crippen LogP contribution in [0.3, 0.4) is 0 Å². The van der Waals surface area contributed by atoms with Crippen LogP contribution in [-0.2, 0) is 0 Å². The zero-order valence-corrected chi connectivity index (χ0v) is 19.3. The molecule has 0 bridgehead atoms. The van der Waals surface area contributed by atoms with Gasteiger partial charge in [-0.2, -0.15) is 0 Å². The van der Waals surface area contributed by atoms with Crippen LogP contribution in [0.25, 0.3) is 0 Å². The Morgan fingerprint density at radius 2 is 1.68 bits per heavy atom. The Bertz CT molecular complexity index is 523. The molecule has 3 rings (SSSR count). The molecule has 1 saturated carbocycles. The Hall–Kier alpha value is -1.28. The molecule has 1 atom stereocenters. The van der Waals surface area contributed by atoms with Gasteiger partial charge in [-0.1, -0.05) is 82.6 Å². The second-order valence-corrected chi connectivity index (χ2v) is 8.73. The highest BCUT2D eigenvalue weighted by Gasteiger charge is 2.34. The SMILES string of the molecule is C/C1=C/C2(C/C=C\C=C/C1C)CCN(C1CCCCC1)CC2.C=C(C)N.CC. The molecule has 1 unspecified atom stereocenters. The number of nitrogens with two attached hydrogens (primary N) is 1. The number of nitrogens with zero attached hydrogens (tertiary/aromatic N) is 1. The summed E-state index contributed by atoms with van der Waals surface area (Å²) in [6.07, 6.45) is 23.0. The standard InChI is InChI=1S/C21H33N.C3H7N.C2H6/c1-18-9-5-4-8-12-21(17-19(18)2)13-15-22(16-14-21)20-10-6-3-7-11-20;1-3(2)4;1-2/h4-5,8-9,17-18,20H,3,6-7,10-16H2,1-2H3;1,4H2,2H3;1-2H3/b8-4-,9-5-,19-17-;;. The maximum absolute atomic E-state index is 4.92. The van der Waals surface area contributed by atoms with E-state index in [2.05, 4.69) is 55.7 Å². The van der Waals surface area contributed by atoms with Gasteiger partial charge >= 0.3 is 0 Å². The Kier molecular flexibility index (Phi) is 11.5.